The minimum Gasteiger partial charge on any atom is -0.507 e. The van der Waals surface area contributed by atoms with Crippen LogP contribution in [-0.2, 0) is 4.74 Å². The van der Waals surface area contributed by atoms with Gasteiger partial charge in [-0.3, -0.25) is 20.3 Å². The SMILES string of the molecule is CO[C@@H]1/C(=C\c2cnc(-c3cc4ccncc4cc3O)cn2)C[C@@]2(C)N[C@]1(C)CC2(F)F. The fraction of sp³-hybridized carbons (Fsp3) is 0.375. The largest absolute Gasteiger partial charge is 0.507 e. The number of piperidine rings is 1. The first-order valence-electron chi connectivity index (χ1n) is 10.4. The van der Waals surface area contributed by atoms with Crippen molar-refractivity contribution in [2.45, 2.75) is 49.8 Å². The molecule has 8 heteroatoms. The summed E-state index contributed by atoms with van der Waals surface area (Å²) in [5.74, 6) is -2.75. The average Bonchev–Trinajstić information content (AvgIpc) is 2.88. The van der Waals surface area contributed by atoms with Gasteiger partial charge in [-0.1, -0.05) is 0 Å². The number of methoxy groups -OCH3 is 1. The Kier molecular flexibility index (Phi) is 4.58. The van der Waals surface area contributed by atoms with E-state index in [1.54, 1.807) is 50.8 Å². The molecule has 0 unspecified atom stereocenters. The number of rotatable bonds is 3. The predicted octanol–water partition coefficient (Wildman–Crippen LogP) is 4.35. The van der Waals surface area contributed by atoms with E-state index in [1.165, 1.54) is 7.11 Å². The highest BCUT2D eigenvalue weighted by Gasteiger charge is 2.67. The normalized spacial score (nSPS) is 30.2. The summed E-state index contributed by atoms with van der Waals surface area (Å²) in [5, 5.41) is 15.3. The molecular formula is C24H24F2N4O2. The predicted molar refractivity (Wildman–Crippen MR) is 117 cm³/mol. The van der Waals surface area contributed by atoms with E-state index >= 15 is 0 Å². The highest BCUT2D eigenvalue weighted by molar-refractivity contribution is 5.89. The number of nitrogens with zero attached hydrogens (tertiary/aromatic N) is 3. The summed E-state index contributed by atoms with van der Waals surface area (Å²) in [6, 6.07) is 5.34. The molecule has 0 aliphatic carbocycles. The van der Waals surface area contributed by atoms with Crippen LogP contribution in [0.15, 0.2) is 48.6 Å². The lowest BCUT2D eigenvalue weighted by Gasteiger charge is -2.44. The van der Waals surface area contributed by atoms with Crippen LogP contribution in [0.5, 0.6) is 5.75 Å². The smallest absolute Gasteiger partial charge is 0.267 e. The molecule has 5 rings (SSSR count). The topological polar surface area (TPSA) is 80.2 Å². The quantitative estimate of drug-likeness (QED) is 0.633. The van der Waals surface area contributed by atoms with Gasteiger partial charge in [-0.2, -0.15) is 0 Å². The number of halogens is 2. The summed E-state index contributed by atoms with van der Waals surface area (Å²) < 4.78 is 35.1. The number of fused-ring (bicyclic) bond motifs is 3. The van der Waals surface area contributed by atoms with E-state index in [0.29, 0.717) is 17.0 Å². The highest BCUT2D eigenvalue weighted by atomic mass is 19.3. The van der Waals surface area contributed by atoms with Crippen LogP contribution in [0.1, 0.15) is 32.4 Å². The Bertz CT molecular complexity index is 1230. The minimum absolute atomic E-state index is 0.0864. The molecule has 32 heavy (non-hydrogen) atoms. The van der Waals surface area contributed by atoms with Gasteiger partial charge in [0.2, 0.25) is 0 Å². The van der Waals surface area contributed by atoms with Crippen LogP contribution in [0.3, 0.4) is 0 Å². The van der Waals surface area contributed by atoms with Crippen molar-refractivity contribution in [2.75, 3.05) is 7.11 Å². The zero-order valence-electron chi connectivity index (χ0n) is 18.1. The van der Waals surface area contributed by atoms with Gasteiger partial charge < -0.3 is 9.84 Å². The monoisotopic (exact) mass is 438 g/mol. The van der Waals surface area contributed by atoms with Crippen LogP contribution in [0.4, 0.5) is 8.78 Å². The number of phenols is 1. The van der Waals surface area contributed by atoms with Crippen molar-refractivity contribution in [1.82, 2.24) is 20.3 Å². The third-order valence-corrected chi connectivity index (χ3v) is 6.70. The van der Waals surface area contributed by atoms with Gasteiger partial charge in [-0.15, -0.1) is 0 Å². The first-order valence-corrected chi connectivity index (χ1v) is 10.4. The molecule has 2 saturated heterocycles. The molecule has 4 heterocycles. The lowest BCUT2D eigenvalue weighted by Crippen LogP contribution is -2.61. The van der Waals surface area contributed by atoms with Crippen LogP contribution in [0.25, 0.3) is 28.1 Å². The third-order valence-electron chi connectivity index (χ3n) is 6.70. The molecular weight excluding hydrogens is 414 g/mol. The average molecular weight is 438 g/mol. The first kappa shape index (κ1) is 20.9. The fourth-order valence-corrected chi connectivity index (χ4v) is 5.27. The Morgan fingerprint density at radius 2 is 1.97 bits per heavy atom. The van der Waals surface area contributed by atoms with E-state index in [1.807, 2.05) is 12.1 Å². The van der Waals surface area contributed by atoms with E-state index in [-0.39, 0.29) is 18.6 Å². The van der Waals surface area contributed by atoms with E-state index in [9.17, 15) is 13.9 Å². The van der Waals surface area contributed by atoms with Crippen LogP contribution < -0.4 is 5.32 Å². The number of benzene rings is 1. The van der Waals surface area contributed by atoms with Crippen molar-refractivity contribution in [1.29, 1.82) is 0 Å². The Labute approximate surface area is 184 Å². The lowest BCUT2D eigenvalue weighted by molar-refractivity contribution is -0.0524. The van der Waals surface area contributed by atoms with Gasteiger partial charge in [0.1, 0.15) is 5.75 Å². The van der Waals surface area contributed by atoms with Gasteiger partial charge in [0.15, 0.2) is 0 Å². The maximum Gasteiger partial charge on any atom is 0.267 e. The summed E-state index contributed by atoms with van der Waals surface area (Å²) in [5.41, 5.74) is 0.189. The van der Waals surface area contributed by atoms with E-state index in [0.717, 1.165) is 16.3 Å². The molecule has 3 aromatic rings. The number of pyridine rings is 1. The maximum absolute atomic E-state index is 14.7. The van der Waals surface area contributed by atoms with Crippen molar-refractivity contribution < 1.29 is 18.6 Å². The Morgan fingerprint density at radius 1 is 1.16 bits per heavy atom. The molecule has 2 bridgehead atoms. The molecule has 0 radical (unpaired) electrons. The molecule has 2 aliphatic heterocycles. The van der Waals surface area contributed by atoms with Crippen molar-refractivity contribution >= 4 is 16.8 Å². The van der Waals surface area contributed by atoms with Gasteiger partial charge in [0.05, 0.1) is 41.0 Å². The van der Waals surface area contributed by atoms with Crippen molar-refractivity contribution in [3.8, 4) is 17.0 Å². The zero-order chi connectivity index (χ0) is 22.7. The molecule has 0 amide bonds. The number of alkyl halides is 2. The maximum atomic E-state index is 14.7. The van der Waals surface area contributed by atoms with Crippen LogP contribution in [0, 0.1) is 0 Å². The van der Waals surface area contributed by atoms with E-state index < -0.39 is 23.1 Å². The Morgan fingerprint density at radius 3 is 2.69 bits per heavy atom. The molecule has 2 aliphatic rings. The molecule has 2 N–H and O–H groups in total. The van der Waals surface area contributed by atoms with Gasteiger partial charge >= 0.3 is 0 Å². The van der Waals surface area contributed by atoms with Gasteiger partial charge in [0.25, 0.3) is 5.92 Å². The second kappa shape index (κ2) is 7.02. The van der Waals surface area contributed by atoms with E-state index in [2.05, 4.69) is 20.3 Å². The summed E-state index contributed by atoms with van der Waals surface area (Å²) in [6.07, 6.45) is 7.68. The second-order valence-corrected chi connectivity index (χ2v) is 9.19. The van der Waals surface area contributed by atoms with Gasteiger partial charge in [0, 0.05) is 36.9 Å². The molecule has 2 aromatic heterocycles. The summed E-state index contributed by atoms with van der Waals surface area (Å²) >= 11 is 0. The Hall–Kier alpha value is -2.97. The lowest BCUT2D eigenvalue weighted by atomic mass is 9.81. The van der Waals surface area contributed by atoms with Crippen molar-refractivity contribution in [2.24, 2.45) is 0 Å². The molecule has 3 atom stereocenters. The summed E-state index contributed by atoms with van der Waals surface area (Å²) in [4.78, 5) is 13.0. The molecule has 2 fully saturated rings. The number of hydrogen-bond donors (Lipinski definition) is 2. The summed E-state index contributed by atoms with van der Waals surface area (Å²) in [7, 11) is 1.54. The third kappa shape index (κ3) is 3.17. The minimum atomic E-state index is -2.84. The Balaban J connectivity index is 1.49. The molecule has 1 aromatic carbocycles. The second-order valence-electron chi connectivity index (χ2n) is 9.19. The van der Waals surface area contributed by atoms with Gasteiger partial charge in [-0.05, 0) is 55.5 Å². The fourth-order valence-electron chi connectivity index (χ4n) is 5.27. The zero-order valence-corrected chi connectivity index (χ0v) is 18.1. The van der Waals surface area contributed by atoms with Crippen LogP contribution >= 0.6 is 0 Å². The number of ether oxygens (including phenoxy) is 1. The van der Waals surface area contributed by atoms with Crippen molar-refractivity contribution in [3.63, 3.8) is 0 Å². The number of aromatic nitrogens is 3. The molecule has 0 saturated carbocycles. The highest BCUT2D eigenvalue weighted by Crippen LogP contribution is 2.53. The standard InChI is InChI=1S/C24H24F2N4O2/c1-22-13-24(25,26)23(2,30-22)9-15(21(22)32-3)6-17-11-29-19(12-28-17)18-7-14-4-5-27-10-16(14)8-20(18)31/h4-8,10-12,21,30-31H,9,13H2,1-3H3/b15-6-/t21-,22-,23-/m1/s1. The molecule has 166 valence electrons. The number of nitrogens with one attached hydrogen (secondary N) is 1. The number of phenolic OH excluding ortho intramolecular Hbond substituents is 1. The first-order chi connectivity index (χ1) is 15.1. The number of aromatic hydroxyl groups is 1. The molecule has 0 spiro atoms. The van der Waals surface area contributed by atoms with E-state index in [4.69, 9.17) is 4.74 Å². The number of hydrogen-bond acceptors (Lipinski definition) is 6. The van der Waals surface area contributed by atoms with Crippen LogP contribution in [0.2, 0.25) is 0 Å². The van der Waals surface area contributed by atoms with Crippen molar-refractivity contribution in [3.05, 3.63) is 54.3 Å². The molecule has 6 nitrogen and oxygen atoms in total. The van der Waals surface area contributed by atoms with Crippen LogP contribution in [-0.4, -0.2) is 50.3 Å². The van der Waals surface area contributed by atoms with Gasteiger partial charge in [-0.25, -0.2) is 8.78 Å². The summed E-state index contributed by atoms with van der Waals surface area (Å²) in [6.45, 7) is 3.34.